The third-order valence-electron chi connectivity index (χ3n) is 2.47. The highest BCUT2D eigenvalue weighted by atomic mass is 32.2. The molecule has 2 N–H and O–H groups in total. The van der Waals surface area contributed by atoms with E-state index < -0.39 is 23.0 Å². The van der Waals surface area contributed by atoms with Gasteiger partial charge in [-0.1, -0.05) is 0 Å². The Morgan fingerprint density at radius 1 is 1.39 bits per heavy atom. The summed E-state index contributed by atoms with van der Waals surface area (Å²) in [4.78, 5) is 0. The molecule has 5 nitrogen and oxygen atoms in total. The molecule has 1 aliphatic rings. The van der Waals surface area contributed by atoms with E-state index in [1.54, 1.807) is 4.72 Å². The number of nitrogens with one attached hydrogen (secondary N) is 2. The minimum Gasteiger partial charge on any atom is -0.447 e. The second-order valence-corrected chi connectivity index (χ2v) is 5.82. The van der Waals surface area contributed by atoms with Gasteiger partial charge in [0.05, 0.1) is 13.1 Å². The third-order valence-corrected chi connectivity index (χ3v) is 3.77. The fourth-order valence-corrected chi connectivity index (χ4v) is 2.33. The van der Waals surface area contributed by atoms with Crippen LogP contribution in [0.5, 0.6) is 0 Å². The van der Waals surface area contributed by atoms with Crippen LogP contribution in [0, 0.1) is 0 Å². The monoisotopic (exact) mass is 280 g/mol. The number of hydrogen-bond donors (Lipinski definition) is 2. The van der Waals surface area contributed by atoms with Crippen LogP contribution in [0.4, 0.5) is 8.78 Å². The highest BCUT2D eigenvalue weighted by Gasteiger charge is 2.22. The van der Waals surface area contributed by atoms with Crippen LogP contribution < -0.4 is 10.0 Å². The fourth-order valence-electron chi connectivity index (χ4n) is 1.37. The summed E-state index contributed by atoms with van der Waals surface area (Å²) in [7, 11) is -3.98. The van der Waals surface area contributed by atoms with Crippen LogP contribution in [0.3, 0.4) is 0 Å². The first-order valence-electron chi connectivity index (χ1n) is 5.57. The molecule has 0 saturated heterocycles. The predicted molar refractivity (Wildman–Crippen MR) is 59.8 cm³/mol. The third kappa shape index (κ3) is 3.76. The highest BCUT2D eigenvalue weighted by Crippen LogP contribution is 2.20. The van der Waals surface area contributed by atoms with E-state index in [2.05, 4.69) is 5.32 Å². The van der Waals surface area contributed by atoms with Crippen LogP contribution in [0.2, 0.25) is 0 Å². The number of halogens is 2. The van der Waals surface area contributed by atoms with Crippen molar-refractivity contribution in [1.29, 1.82) is 0 Å². The van der Waals surface area contributed by atoms with E-state index >= 15 is 0 Å². The summed E-state index contributed by atoms with van der Waals surface area (Å²) in [6.45, 7) is -0.478. The lowest BCUT2D eigenvalue weighted by Gasteiger charge is -2.03. The van der Waals surface area contributed by atoms with Gasteiger partial charge in [0.2, 0.25) is 5.09 Å². The zero-order valence-corrected chi connectivity index (χ0v) is 10.3. The Hall–Kier alpha value is -0.990. The van der Waals surface area contributed by atoms with Crippen LogP contribution in [-0.4, -0.2) is 27.4 Å². The normalized spacial score (nSPS) is 16.4. The molecule has 0 spiro atoms. The molecule has 1 fully saturated rings. The van der Waals surface area contributed by atoms with Crippen LogP contribution in [0.25, 0.3) is 0 Å². The molecule has 0 radical (unpaired) electrons. The summed E-state index contributed by atoms with van der Waals surface area (Å²) in [6, 6.07) is 3.26. The van der Waals surface area contributed by atoms with Crippen molar-refractivity contribution in [3.8, 4) is 0 Å². The standard InChI is InChI=1S/C10H14F2N2O3S/c11-9(12)6-14-18(15,16)10-4-3-8(17-10)5-13-7-1-2-7/h3-4,7,9,13-14H,1-2,5-6H2. The van der Waals surface area contributed by atoms with Gasteiger partial charge in [-0.2, -0.15) is 0 Å². The lowest BCUT2D eigenvalue weighted by molar-refractivity contribution is 0.153. The maximum Gasteiger partial charge on any atom is 0.274 e. The molecule has 0 aliphatic heterocycles. The first-order chi connectivity index (χ1) is 8.47. The molecule has 102 valence electrons. The van der Waals surface area contributed by atoms with E-state index in [-0.39, 0.29) is 5.09 Å². The van der Waals surface area contributed by atoms with Crippen LogP contribution >= 0.6 is 0 Å². The molecule has 1 aliphatic carbocycles. The number of sulfonamides is 1. The fraction of sp³-hybridized carbons (Fsp3) is 0.600. The van der Waals surface area contributed by atoms with Gasteiger partial charge in [-0.25, -0.2) is 21.9 Å². The molecule has 1 aromatic rings. The molecular formula is C10H14F2N2O3S. The SMILES string of the molecule is O=S(=O)(NCC(F)F)c1ccc(CNC2CC2)o1. The molecule has 1 aromatic heterocycles. The average molecular weight is 280 g/mol. The van der Waals surface area contributed by atoms with Crippen molar-refractivity contribution in [2.75, 3.05) is 6.54 Å². The second kappa shape index (κ2) is 5.33. The molecule has 18 heavy (non-hydrogen) atoms. The summed E-state index contributed by atoms with van der Waals surface area (Å²) < 4.78 is 53.8. The van der Waals surface area contributed by atoms with E-state index in [1.165, 1.54) is 12.1 Å². The van der Waals surface area contributed by atoms with Gasteiger partial charge in [-0.3, -0.25) is 0 Å². The van der Waals surface area contributed by atoms with Gasteiger partial charge in [0.1, 0.15) is 5.76 Å². The Balaban J connectivity index is 1.94. The molecule has 0 amide bonds. The molecule has 0 unspecified atom stereocenters. The molecular weight excluding hydrogens is 266 g/mol. The molecule has 0 bridgehead atoms. The zero-order valence-electron chi connectivity index (χ0n) is 9.53. The van der Waals surface area contributed by atoms with E-state index in [0.717, 1.165) is 12.8 Å². The first-order valence-corrected chi connectivity index (χ1v) is 7.05. The van der Waals surface area contributed by atoms with E-state index in [9.17, 15) is 17.2 Å². The van der Waals surface area contributed by atoms with Gasteiger partial charge >= 0.3 is 0 Å². The Morgan fingerprint density at radius 3 is 2.72 bits per heavy atom. The van der Waals surface area contributed by atoms with Gasteiger partial charge in [0.25, 0.3) is 16.4 Å². The highest BCUT2D eigenvalue weighted by molar-refractivity contribution is 7.89. The van der Waals surface area contributed by atoms with Crippen molar-refractivity contribution in [3.63, 3.8) is 0 Å². The molecule has 1 saturated carbocycles. The molecule has 0 aromatic carbocycles. The number of hydrogen-bond acceptors (Lipinski definition) is 4. The maximum absolute atomic E-state index is 11.9. The Morgan fingerprint density at radius 2 is 2.11 bits per heavy atom. The average Bonchev–Trinajstić information content (AvgIpc) is 3.00. The quantitative estimate of drug-likeness (QED) is 0.784. The molecule has 2 rings (SSSR count). The number of rotatable bonds is 7. The minimum absolute atomic E-state index is 0.337. The van der Waals surface area contributed by atoms with Crippen molar-refractivity contribution < 1.29 is 21.6 Å². The molecule has 0 atom stereocenters. The lowest BCUT2D eigenvalue weighted by atomic mass is 10.4. The molecule has 8 heteroatoms. The van der Waals surface area contributed by atoms with Gasteiger partial charge in [-0.15, -0.1) is 0 Å². The summed E-state index contributed by atoms with van der Waals surface area (Å²) in [5.74, 6) is 0.472. The second-order valence-electron chi connectivity index (χ2n) is 4.12. The predicted octanol–water partition coefficient (Wildman–Crippen LogP) is 1.08. The minimum atomic E-state index is -3.98. The van der Waals surface area contributed by atoms with Gasteiger partial charge < -0.3 is 9.73 Å². The zero-order chi connectivity index (χ0) is 13.2. The Kier molecular flexibility index (Phi) is 3.98. The van der Waals surface area contributed by atoms with Crippen LogP contribution in [0.15, 0.2) is 21.6 Å². The largest absolute Gasteiger partial charge is 0.447 e. The van der Waals surface area contributed by atoms with Crippen LogP contribution in [0.1, 0.15) is 18.6 Å². The van der Waals surface area contributed by atoms with Gasteiger partial charge in [0, 0.05) is 6.04 Å². The van der Waals surface area contributed by atoms with Gasteiger partial charge in [-0.05, 0) is 25.0 Å². The van der Waals surface area contributed by atoms with E-state index in [0.29, 0.717) is 18.3 Å². The Bertz CT molecular complexity index is 497. The first kappa shape index (κ1) is 13.4. The maximum atomic E-state index is 11.9. The smallest absolute Gasteiger partial charge is 0.274 e. The summed E-state index contributed by atoms with van der Waals surface area (Å²) in [5.41, 5.74) is 0. The summed E-state index contributed by atoms with van der Waals surface area (Å²) in [6.07, 6.45) is -0.505. The lowest BCUT2D eigenvalue weighted by Crippen LogP contribution is -2.28. The van der Waals surface area contributed by atoms with Crippen molar-refractivity contribution in [2.24, 2.45) is 0 Å². The van der Waals surface area contributed by atoms with Crippen molar-refractivity contribution >= 4 is 10.0 Å². The Labute approximate surface area is 104 Å². The van der Waals surface area contributed by atoms with Crippen molar-refractivity contribution in [3.05, 3.63) is 17.9 Å². The van der Waals surface area contributed by atoms with E-state index in [4.69, 9.17) is 4.42 Å². The van der Waals surface area contributed by atoms with Crippen molar-refractivity contribution in [1.82, 2.24) is 10.0 Å². The number of alkyl halides is 2. The summed E-state index contributed by atoms with van der Waals surface area (Å²) >= 11 is 0. The topological polar surface area (TPSA) is 71.3 Å². The van der Waals surface area contributed by atoms with Crippen molar-refractivity contribution in [2.45, 2.75) is 36.9 Å². The van der Waals surface area contributed by atoms with Crippen LogP contribution in [-0.2, 0) is 16.6 Å². The number of furan rings is 1. The summed E-state index contributed by atoms with van der Waals surface area (Å²) in [5, 5.41) is 2.82. The van der Waals surface area contributed by atoms with E-state index in [1.807, 2.05) is 0 Å². The van der Waals surface area contributed by atoms with Gasteiger partial charge in [0.15, 0.2) is 0 Å². The molecule has 1 heterocycles.